The van der Waals surface area contributed by atoms with Crippen molar-refractivity contribution < 1.29 is 0 Å². The molecule has 2 heterocycles. The maximum Gasteiger partial charge on any atom is 0.225 e. The smallest absolute Gasteiger partial charge is 0.225 e. The van der Waals surface area contributed by atoms with Crippen molar-refractivity contribution in [1.82, 2.24) is 14.8 Å². The van der Waals surface area contributed by atoms with Gasteiger partial charge in [0.25, 0.3) is 0 Å². The Hall–Kier alpha value is -0.840. The Morgan fingerprint density at radius 3 is 3.00 bits per heavy atom. The van der Waals surface area contributed by atoms with E-state index in [2.05, 4.69) is 33.5 Å². The van der Waals surface area contributed by atoms with Crippen LogP contribution in [0.5, 0.6) is 0 Å². The van der Waals surface area contributed by atoms with Crippen molar-refractivity contribution in [2.45, 2.75) is 39.7 Å². The number of nitrogens with zero attached hydrogens (tertiary/aromatic N) is 3. The van der Waals surface area contributed by atoms with Crippen LogP contribution in [0.3, 0.4) is 0 Å². The van der Waals surface area contributed by atoms with Crippen LogP contribution in [0.2, 0.25) is 0 Å². The number of hydrogen-bond acceptors (Lipinski definition) is 3. The van der Waals surface area contributed by atoms with Gasteiger partial charge in [-0.05, 0) is 37.9 Å². The predicted octanol–water partition coefficient (Wildman–Crippen LogP) is 2.59. The lowest BCUT2D eigenvalue weighted by Gasteiger charge is -2.32. The number of anilines is 1. The van der Waals surface area contributed by atoms with Crippen molar-refractivity contribution in [3.63, 3.8) is 0 Å². The van der Waals surface area contributed by atoms with E-state index in [0.29, 0.717) is 0 Å². The summed E-state index contributed by atoms with van der Waals surface area (Å²) in [5.74, 6) is 1.83. The minimum absolute atomic E-state index is 0.733. The van der Waals surface area contributed by atoms with Crippen LogP contribution in [0, 0.1) is 10.7 Å². The highest BCUT2D eigenvalue weighted by Gasteiger charge is 2.22. The largest absolute Gasteiger partial charge is 0.341 e. The molecule has 90 valence electrons. The molecule has 1 aliphatic heterocycles. The van der Waals surface area contributed by atoms with E-state index >= 15 is 0 Å². The third-order valence-electron chi connectivity index (χ3n) is 3.43. The molecule has 4 nitrogen and oxygen atoms in total. The molecule has 0 aliphatic carbocycles. The maximum atomic E-state index is 5.22. The van der Waals surface area contributed by atoms with Crippen molar-refractivity contribution >= 4 is 18.2 Å². The molecule has 0 radical (unpaired) electrons. The lowest BCUT2D eigenvalue weighted by atomic mass is 9.96. The lowest BCUT2D eigenvalue weighted by molar-refractivity contribution is 0.398. The first-order valence-corrected chi connectivity index (χ1v) is 6.57. The predicted molar refractivity (Wildman–Crippen MR) is 68.3 cm³/mol. The van der Waals surface area contributed by atoms with E-state index in [1.54, 1.807) is 0 Å². The number of aromatic nitrogens is 3. The molecule has 1 aliphatic rings. The Kier molecular flexibility index (Phi) is 3.63. The van der Waals surface area contributed by atoms with Gasteiger partial charge < -0.3 is 4.90 Å². The number of nitrogens with one attached hydrogen (secondary N) is 1. The van der Waals surface area contributed by atoms with Crippen LogP contribution in [0.4, 0.5) is 5.95 Å². The Morgan fingerprint density at radius 1 is 1.50 bits per heavy atom. The molecule has 1 unspecified atom stereocenters. The standard InChI is InChI=1S/C11H20N4S/c1-3-9-6-5-7-14(8-9)10-12-13-11(16)15(10)4-2/h9H,3-8H2,1-2H3,(H,13,16). The highest BCUT2D eigenvalue weighted by Crippen LogP contribution is 2.23. The number of hydrogen-bond donors (Lipinski definition) is 1. The van der Waals surface area contributed by atoms with E-state index in [1.165, 1.54) is 19.3 Å². The van der Waals surface area contributed by atoms with Crippen molar-refractivity contribution in [2.24, 2.45) is 5.92 Å². The Labute approximate surface area is 102 Å². The number of piperidine rings is 1. The number of aromatic amines is 1. The molecule has 0 spiro atoms. The molecule has 16 heavy (non-hydrogen) atoms. The van der Waals surface area contributed by atoms with Gasteiger partial charge in [-0.1, -0.05) is 13.3 Å². The van der Waals surface area contributed by atoms with E-state index in [0.717, 1.165) is 36.3 Å². The van der Waals surface area contributed by atoms with Crippen molar-refractivity contribution in [1.29, 1.82) is 0 Å². The summed E-state index contributed by atoms with van der Waals surface area (Å²) in [6.45, 7) is 7.49. The molecule has 0 aromatic carbocycles. The molecule has 1 N–H and O–H groups in total. The fraction of sp³-hybridized carbons (Fsp3) is 0.818. The zero-order valence-corrected chi connectivity index (χ0v) is 10.9. The number of rotatable bonds is 3. The van der Waals surface area contributed by atoms with Gasteiger partial charge in [0.15, 0.2) is 4.77 Å². The van der Waals surface area contributed by atoms with Crippen molar-refractivity contribution in [3.05, 3.63) is 4.77 Å². The monoisotopic (exact) mass is 240 g/mol. The first-order chi connectivity index (χ1) is 7.76. The topological polar surface area (TPSA) is 36.9 Å². The lowest BCUT2D eigenvalue weighted by Crippen LogP contribution is -2.36. The van der Waals surface area contributed by atoms with E-state index in [-0.39, 0.29) is 0 Å². The van der Waals surface area contributed by atoms with Crippen LogP contribution in [-0.4, -0.2) is 27.9 Å². The summed E-state index contributed by atoms with van der Waals surface area (Å²) >= 11 is 5.22. The van der Waals surface area contributed by atoms with Gasteiger partial charge in [-0.3, -0.25) is 4.57 Å². The van der Waals surface area contributed by atoms with E-state index < -0.39 is 0 Å². The zero-order valence-electron chi connectivity index (χ0n) is 10.1. The second kappa shape index (κ2) is 4.99. The van der Waals surface area contributed by atoms with Gasteiger partial charge in [0.05, 0.1) is 0 Å². The highest BCUT2D eigenvalue weighted by molar-refractivity contribution is 7.71. The third kappa shape index (κ3) is 2.14. The summed E-state index contributed by atoms with van der Waals surface area (Å²) in [4.78, 5) is 2.37. The first-order valence-electron chi connectivity index (χ1n) is 6.16. The fourth-order valence-electron chi connectivity index (χ4n) is 2.42. The average Bonchev–Trinajstić information content (AvgIpc) is 2.70. The van der Waals surface area contributed by atoms with Crippen LogP contribution in [0.25, 0.3) is 0 Å². The van der Waals surface area contributed by atoms with E-state index in [9.17, 15) is 0 Å². The molecule has 1 aromatic heterocycles. The van der Waals surface area contributed by atoms with Gasteiger partial charge in [-0.25, -0.2) is 5.10 Å². The van der Waals surface area contributed by atoms with Gasteiger partial charge >= 0.3 is 0 Å². The van der Waals surface area contributed by atoms with Crippen LogP contribution in [-0.2, 0) is 6.54 Å². The average molecular weight is 240 g/mol. The summed E-state index contributed by atoms with van der Waals surface area (Å²) < 4.78 is 2.81. The number of H-pyrrole nitrogens is 1. The summed E-state index contributed by atoms with van der Waals surface area (Å²) in [6, 6.07) is 0. The minimum atomic E-state index is 0.733. The molecule has 1 fully saturated rings. The fourth-order valence-corrected chi connectivity index (χ4v) is 2.67. The van der Waals surface area contributed by atoms with Crippen molar-refractivity contribution in [3.8, 4) is 0 Å². The van der Waals surface area contributed by atoms with Crippen LogP contribution < -0.4 is 4.90 Å². The SMILES string of the molecule is CCC1CCCN(c2n[nH]c(=S)n2CC)C1. The second-order valence-electron chi connectivity index (χ2n) is 4.44. The maximum absolute atomic E-state index is 5.22. The summed E-state index contributed by atoms with van der Waals surface area (Å²) in [5.41, 5.74) is 0. The molecule has 0 bridgehead atoms. The normalized spacial score (nSPS) is 21.4. The Balaban J connectivity index is 2.19. The summed E-state index contributed by atoms with van der Waals surface area (Å²) in [5, 5.41) is 7.24. The van der Waals surface area contributed by atoms with Gasteiger partial charge in [-0.15, -0.1) is 5.10 Å². The molecular formula is C11H20N4S. The molecule has 0 amide bonds. The molecule has 1 saturated heterocycles. The van der Waals surface area contributed by atoms with E-state index in [4.69, 9.17) is 12.2 Å². The zero-order chi connectivity index (χ0) is 11.5. The van der Waals surface area contributed by atoms with Gasteiger partial charge in [0.2, 0.25) is 5.95 Å². The van der Waals surface area contributed by atoms with Crippen molar-refractivity contribution in [2.75, 3.05) is 18.0 Å². The molecule has 2 rings (SSSR count). The molecule has 1 atom stereocenters. The third-order valence-corrected chi connectivity index (χ3v) is 3.75. The highest BCUT2D eigenvalue weighted by atomic mass is 32.1. The molecule has 0 saturated carbocycles. The Morgan fingerprint density at radius 2 is 2.31 bits per heavy atom. The van der Waals surface area contributed by atoms with Crippen LogP contribution >= 0.6 is 12.2 Å². The van der Waals surface area contributed by atoms with Gasteiger partial charge in [0.1, 0.15) is 0 Å². The minimum Gasteiger partial charge on any atom is -0.341 e. The van der Waals surface area contributed by atoms with Crippen LogP contribution in [0.15, 0.2) is 0 Å². The van der Waals surface area contributed by atoms with Gasteiger partial charge in [0, 0.05) is 19.6 Å². The Bertz CT molecular complexity index is 395. The van der Waals surface area contributed by atoms with Gasteiger partial charge in [-0.2, -0.15) is 0 Å². The molecule has 1 aromatic rings. The first kappa shape index (κ1) is 11.6. The summed E-state index contributed by atoms with van der Waals surface area (Å²) in [7, 11) is 0. The molecular weight excluding hydrogens is 220 g/mol. The quantitative estimate of drug-likeness (QED) is 0.825. The van der Waals surface area contributed by atoms with E-state index in [1.807, 2.05) is 0 Å². The second-order valence-corrected chi connectivity index (χ2v) is 4.82. The summed E-state index contributed by atoms with van der Waals surface area (Å²) in [6.07, 6.45) is 3.87. The van der Waals surface area contributed by atoms with Crippen LogP contribution in [0.1, 0.15) is 33.1 Å². The molecule has 5 heteroatoms.